The monoisotopic (exact) mass is 399 g/mol. The molecule has 1 aromatic heterocycles. The summed E-state index contributed by atoms with van der Waals surface area (Å²) < 4.78 is 37.9. The molecule has 0 radical (unpaired) electrons. The Balaban J connectivity index is 1.72. The number of hydrogen-bond acceptors (Lipinski definition) is 3. The lowest BCUT2D eigenvalue weighted by Gasteiger charge is -2.22. The van der Waals surface area contributed by atoms with Gasteiger partial charge in [-0.3, -0.25) is 4.79 Å². The molecular formula is C22H20F3N3O. The predicted octanol–water partition coefficient (Wildman–Crippen LogP) is 5.82. The van der Waals surface area contributed by atoms with Gasteiger partial charge in [-0.25, -0.2) is 4.98 Å². The van der Waals surface area contributed by atoms with Crippen LogP contribution in [-0.4, -0.2) is 17.4 Å². The summed E-state index contributed by atoms with van der Waals surface area (Å²) in [6, 6.07) is 15.6. The van der Waals surface area contributed by atoms with Crippen molar-refractivity contribution in [1.29, 1.82) is 0 Å². The van der Waals surface area contributed by atoms with Crippen molar-refractivity contribution in [2.45, 2.75) is 20.0 Å². The molecule has 1 heterocycles. The average molecular weight is 399 g/mol. The lowest BCUT2D eigenvalue weighted by molar-refractivity contribution is -0.137. The van der Waals surface area contributed by atoms with Crippen LogP contribution >= 0.6 is 0 Å². The number of benzene rings is 2. The maximum atomic E-state index is 12.6. The fourth-order valence-corrected chi connectivity index (χ4v) is 2.91. The van der Waals surface area contributed by atoms with Crippen molar-refractivity contribution in [2.75, 3.05) is 16.8 Å². The van der Waals surface area contributed by atoms with E-state index in [0.29, 0.717) is 12.2 Å². The number of anilines is 3. The SMILES string of the molecule is CCN(c1cccc(C)c1)c1ccc(NC(=O)c2ccc(C(F)(F)F)cc2)cn1. The predicted molar refractivity (Wildman–Crippen MR) is 107 cm³/mol. The van der Waals surface area contributed by atoms with E-state index >= 15 is 0 Å². The molecule has 0 unspecified atom stereocenters. The summed E-state index contributed by atoms with van der Waals surface area (Å²) >= 11 is 0. The number of hydrogen-bond donors (Lipinski definition) is 1. The smallest absolute Gasteiger partial charge is 0.327 e. The molecule has 0 aliphatic carbocycles. The topological polar surface area (TPSA) is 45.2 Å². The lowest BCUT2D eigenvalue weighted by atomic mass is 10.1. The van der Waals surface area contributed by atoms with Crippen LogP contribution in [0.25, 0.3) is 0 Å². The number of amides is 1. The van der Waals surface area contributed by atoms with Crippen LogP contribution < -0.4 is 10.2 Å². The number of carbonyl (C=O) groups is 1. The first-order valence-corrected chi connectivity index (χ1v) is 9.07. The number of alkyl halides is 3. The highest BCUT2D eigenvalue weighted by molar-refractivity contribution is 6.04. The number of rotatable bonds is 5. The number of pyridine rings is 1. The molecule has 3 rings (SSSR count). The normalized spacial score (nSPS) is 11.2. The van der Waals surface area contributed by atoms with Crippen LogP contribution in [0.2, 0.25) is 0 Å². The Hall–Kier alpha value is -3.35. The highest BCUT2D eigenvalue weighted by Gasteiger charge is 2.30. The van der Waals surface area contributed by atoms with Gasteiger partial charge in [-0.1, -0.05) is 12.1 Å². The Morgan fingerprint density at radius 2 is 1.79 bits per heavy atom. The molecule has 29 heavy (non-hydrogen) atoms. The quantitative estimate of drug-likeness (QED) is 0.588. The fraction of sp³-hybridized carbons (Fsp3) is 0.182. The number of aryl methyl sites for hydroxylation is 1. The van der Waals surface area contributed by atoms with E-state index in [-0.39, 0.29) is 5.56 Å². The molecule has 0 saturated heterocycles. The molecule has 4 nitrogen and oxygen atoms in total. The maximum Gasteiger partial charge on any atom is 0.416 e. The second-order valence-corrected chi connectivity index (χ2v) is 6.52. The zero-order valence-electron chi connectivity index (χ0n) is 16.0. The molecule has 0 bridgehead atoms. The molecular weight excluding hydrogens is 379 g/mol. The third-order valence-corrected chi connectivity index (χ3v) is 4.39. The molecule has 150 valence electrons. The first-order valence-electron chi connectivity index (χ1n) is 9.07. The van der Waals surface area contributed by atoms with E-state index < -0.39 is 17.6 Å². The van der Waals surface area contributed by atoms with Crippen LogP contribution in [0.1, 0.15) is 28.4 Å². The van der Waals surface area contributed by atoms with Gasteiger partial charge in [-0.15, -0.1) is 0 Å². The Morgan fingerprint density at radius 3 is 2.34 bits per heavy atom. The van der Waals surface area contributed by atoms with Crippen molar-refractivity contribution < 1.29 is 18.0 Å². The van der Waals surface area contributed by atoms with Gasteiger partial charge in [-0.2, -0.15) is 13.2 Å². The minimum Gasteiger partial charge on any atom is -0.327 e. The Kier molecular flexibility index (Phi) is 5.87. The second kappa shape index (κ2) is 8.34. The van der Waals surface area contributed by atoms with Gasteiger partial charge in [0.05, 0.1) is 17.4 Å². The Labute approximate surface area is 167 Å². The summed E-state index contributed by atoms with van der Waals surface area (Å²) in [5.41, 5.74) is 1.95. The van der Waals surface area contributed by atoms with Crippen LogP contribution in [0.3, 0.4) is 0 Å². The Bertz CT molecular complexity index is 983. The molecule has 7 heteroatoms. The molecule has 1 N–H and O–H groups in total. The molecule has 0 saturated carbocycles. The van der Waals surface area contributed by atoms with Gasteiger partial charge in [0, 0.05) is 17.8 Å². The van der Waals surface area contributed by atoms with E-state index in [1.54, 1.807) is 12.1 Å². The van der Waals surface area contributed by atoms with Crippen molar-refractivity contribution in [3.63, 3.8) is 0 Å². The summed E-state index contributed by atoms with van der Waals surface area (Å²) in [5.74, 6) is 0.227. The maximum absolute atomic E-state index is 12.6. The first kappa shape index (κ1) is 20.4. The van der Waals surface area contributed by atoms with Gasteiger partial charge in [0.2, 0.25) is 0 Å². The molecule has 0 aliphatic heterocycles. The van der Waals surface area contributed by atoms with E-state index in [1.165, 1.54) is 6.20 Å². The van der Waals surface area contributed by atoms with E-state index in [0.717, 1.165) is 41.3 Å². The standard InChI is InChI=1S/C22H20F3N3O/c1-3-28(19-6-4-5-15(2)13-19)20-12-11-18(14-26-20)27-21(29)16-7-9-17(10-8-16)22(23,24)25/h4-14H,3H2,1-2H3,(H,27,29). The number of carbonyl (C=O) groups excluding carboxylic acids is 1. The van der Waals surface area contributed by atoms with Crippen molar-refractivity contribution in [2.24, 2.45) is 0 Å². The largest absolute Gasteiger partial charge is 0.416 e. The summed E-state index contributed by atoms with van der Waals surface area (Å²) in [6.07, 6.45) is -2.91. The van der Waals surface area contributed by atoms with E-state index in [1.807, 2.05) is 36.9 Å². The van der Waals surface area contributed by atoms with E-state index in [9.17, 15) is 18.0 Å². The van der Waals surface area contributed by atoms with Gasteiger partial charge in [0.15, 0.2) is 0 Å². The first-order chi connectivity index (χ1) is 13.8. The summed E-state index contributed by atoms with van der Waals surface area (Å²) in [6.45, 7) is 4.75. The second-order valence-electron chi connectivity index (χ2n) is 6.52. The van der Waals surface area contributed by atoms with Crippen LogP contribution in [0.5, 0.6) is 0 Å². The zero-order valence-corrected chi connectivity index (χ0v) is 16.0. The summed E-state index contributed by atoms with van der Waals surface area (Å²) in [4.78, 5) is 18.7. The Morgan fingerprint density at radius 1 is 1.07 bits per heavy atom. The van der Waals surface area contributed by atoms with E-state index in [2.05, 4.69) is 16.4 Å². The number of aromatic nitrogens is 1. The zero-order chi connectivity index (χ0) is 21.0. The highest BCUT2D eigenvalue weighted by atomic mass is 19.4. The van der Waals surface area contributed by atoms with Crippen molar-refractivity contribution >= 4 is 23.1 Å². The van der Waals surface area contributed by atoms with Gasteiger partial charge < -0.3 is 10.2 Å². The fourth-order valence-electron chi connectivity index (χ4n) is 2.91. The number of nitrogens with one attached hydrogen (secondary N) is 1. The average Bonchev–Trinajstić information content (AvgIpc) is 2.69. The van der Waals surface area contributed by atoms with Crippen molar-refractivity contribution in [3.05, 3.63) is 83.6 Å². The molecule has 0 atom stereocenters. The van der Waals surface area contributed by atoms with Gasteiger partial charge >= 0.3 is 6.18 Å². The molecule has 2 aromatic carbocycles. The lowest BCUT2D eigenvalue weighted by Crippen LogP contribution is -2.18. The van der Waals surface area contributed by atoms with Crippen LogP contribution in [0.4, 0.5) is 30.4 Å². The van der Waals surface area contributed by atoms with E-state index in [4.69, 9.17) is 0 Å². The highest BCUT2D eigenvalue weighted by Crippen LogP contribution is 2.29. The molecule has 1 amide bonds. The molecule has 3 aromatic rings. The van der Waals surface area contributed by atoms with Gasteiger partial charge in [-0.05, 0) is 67.9 Å². The van der Waals surface area contributed by atoms with Crippen LogP contribution in [0.15, 0.2) is 66.9 Å². The molecule has 0 spiro atoms. The van der Waals surface area contributed by atoms with Crippen molar-refractivity contribution in [3.8, 4) is 0 Å². The van der Waals surface area contributed by atoms with Gasteiger partial charge in [0.1, 0.15) is 5.82 Å². The number of halogens is 3. The molecule has 0 aliphatic rings. The molecule has 0 fully saturated rings. The minimum absolute atomic E-state index is 0.136. The van der Waals surface area contributed by atoms with Crippen LogP contribution in [-0.2, 0) is 6.18 Å². The van der Waals surface area contributed by atoms with Crippen molar-refractivity contribution in [1.82, 2.24) is 4.98 Å². The third kappa shape index (κ3) is 4.93. The summed E-state index contributed by atoms with van der Waals surface area (Å²) in [7, 11) is 0. The third-order valence-electron chi connectivity index (χ3n) is 4.39. The van der Waals surface area contributed by atoms with Crippen LogP contribution in [0, 0.1) is 6.92 Å². The minimum atomic E-state index is -4.43. The van der Waals surface area contributed by atoms with Gasteiger partial charge in [0.25, 0.3) is 5.91 Å². The number of nitrogens with zero attached hydrogens (tertiary/aromatic N) is 2. The summed E-state index contributed by atoms with van der Waals surface area (Å²) in [5, 5.41) is 2.65.